The van der Waals surface area contributed by atoms with Crippen LogP contribution in [0.1, 0.15) is 32.9 Å². The summed E-state index contributed by atoms with van der Waals surface area (Å²) in [6.45, 7) is 7.35. The first-order chi connectivity index (χ1) is 7.56. The predicted molar refractivity (Wildman–Crippen MR) is 66.0 cm³/mol. The second-order valence-corrected chi connectivity index (χ2v) is 4.59. The smallest absolute Gasteiger partial charge is 0.0768 e. The number of aliphatic hydroxyl groups is 1. The van der Waals surface area contributed by atoms with Crippen molar-refractivity contribution in [2.75, 3.05) is 6.54 Å². The molecule has 16 heavy (non-hydrogen) atoms. The molecule has 3 nitrogen and oxygen atoms in total. The van der Waals surface area contributed by atoms with Crippen molar-refractivity contribution < 1.29 is 5.11 Å². The second kappa shape index (κ2) is 5.97. The van der Waals surface area contributed by atoms with Gasteiger partial charge in [0.2, 0.25) is 0 Å². The Morgan fingerprint density at radius 1 is 1.50 bits per heavy atom. The molecule has 2 atom stereocenters. The lowest BCUT2D eigenvalue weighted by Crippen LogP contribution is -2.42. The fraction of sp³-hybridized carbons (Fsp3) is 0.615. The quantitative estimate of drug-likeness (QED) is 0.773. The molecule has 0 saturated heterocycles. The van der Waals surface area contributed by atoms with Crippen LogP contribution in [0.15, 0.2) is 24.4 Å². The van der Waals surface area contributed by atoms with Crippen molar-refractivity contribution in [1.29, 1.82) is 0 Å². The van der Waals surface area contributed by atoms with E-state index in [9.17, 15) is 5.11 Å². The van der Waals surface area contributed by atoms with Crippen molar-refractivity contribution in [3.8, 4) is 0 Å². The van der Waals surface area contributed by atoms with Gasteiger partial charge < -0.3 is 10.4 Å². The van der Waals surface area contributed by atoms with Crippen LogP contribution in [0.3, 0.4) is 0 Å². The van der Waals surface area contributed by atoms with Crippen LogP contribution in [0.4, 0.5) is 0 Å². The molecular formula is C13H22N2O. The summed E-state index contributed by atoms with van der Waals surface area (Å²) in [6, 6.07) is 5.85. The van der Waals surface area contributed by atoms with Crippen molar-refractivity contribution in [2.24, 2.45) is 5.92 Å². The van der Waals surface area contributed by atoms with E-state index in [2.05, 4.69) is 24.1 Å². The van der Waals surface area contributed by atoms with Crippen molar-refractivity contribution in [2.45, 2.75) is 39.3 Å². The summed E-state index contributed by atoms with van der Waals surface area (Å²) in [5.41, 5.74) is 0.353. The minimum absolute atomic E-state index is 0.295. The lowest BCUT2D eigenvalue weighted by Gasteiger charge is -2.29. The third kappa shape index (κ3) is 3.91. The van der Waals surface area contributed by atoms with Crippen LogP contribution < -0.4 is 5.32 Å². The summed E-state index contributed by atoms with van der Waals surface area (Å²) in [4.78, 5) is 4.22. The fourth-order valence-electron chi connectivity index (χ4n) is 1.56. The van der Waals surface area contributed by atoms with Crippen LogP contribution in [0.25, 0.3) is 0 Å². The standard InChI is InChI=1S/C13H22N2O/c1-4-11(2)13(3,16)10-14-9-12-7-5-6-8-15-12/h5-8,11,14,16H,4,9-10H2,1-3H3. The molecule has 1 aromatic rings. The highest BCUT2D eigenvalue weighted by Crippen LogP contribution is 2.18. The van der Waals surface area contributed by atoms with Gasteiger partial charge in [0.05, 0.1) is 11.3 Å². The molecule has 1 heterocycles. The van der Waals surface area contributed by atoms with Crippen LogP contribution in [0.2, 0.25) is 0 Å². The Bertz CT molecular complexity index is 298. The van der Waals surface area contributed by atoms with E-state index in [0.29, 0.717) is 19.0 Å². The summed E-state index contributed by atoms with van der Waals surface area (Å²) >= 11 is 0. The molecule has 0 bridgehead atoms. The molecule has 0 spiro atoms. The number of rotatable bonds is 6. The summed E-state index contributed by atoms with van der Waals surface area (Å²) in [6.07, 6.45) is 2.77. The van der Waals surface area contributed by atoms with E-state index < -0.39 is 5.60 Å². The van der Waals surface area contributed by atoms with Gasteiger partial charge in [-0.25, -0.2) is 0 Å². The van der Waals surface area contributed by atoms with Crippen LogP contribution in [0, 0.1) is 5.92 Å². The molecule has 90 valence electrons. The van der Waals surface area contributed by atoms with Crippen LogP contribution in [-0.2, 0) is 6.54 Å². The van der Waals surface area contributed by atoms with Crippen molar-refractivity contribution >= 4 is 0 Å². The molecule has 0 radical (unpaired) electrons. The van der Waals surface area contributed by atoms with Gasteiger partial charge in [-0.05, 0) is 25.0 Å². The van der Waals surface area contributed by atoms with Gasteiger partial charge in [-0.15, -0.1) is 0 Å². The molecule has 3 heteroatoms. The largest absolute Gasteiger partial charge is 0.389 e. The van der Waals surface area contributed by atoms with Crippen molar-refractivity contribution in [1.82, 2.24) is 10.3 Å². The van der Waals surface area contributed by atoms with Crippen LogP contribution in [0.5, 0.6) is 0 Å². The third-order valence-corrected chi connectivity index (χ3v) is 3.19. The molecule has 1 rings (SSSR count). The van der Waals surface area contributed by atoms with Gasteiger partial charge in [0.15, 0.2) is 0 Å². The number of pyridine rings is 1. The highest BCUT2D eigenvalue weighted by Gasteiger charge is 2.26. The minimum atomic E-state index is -0.649. The molecule has 0 aliphatic carbocycles. The average Bonchev–Trinajstić information content (AvgIpc) is 2.29. The summed E-state index contributed by atoms with van der Waals surface area (Å²) in [5, 5.41) is 13.4. The van der Waals surface area contributed by atoms with Gasteiger partial charge in [0.25, 0.3) is 0 Å². The van der Waals surface area contributed by atoms with E-state index in [1.807, 2.05) is 25.1 Å². The van der Waals surface area contributed by atoms with Gasteiger partial charge >= 0.3 is 0 Å². The molecule has 0 saturated carbocycles. The summed E-state index contributed by atoms with van der Waals surface area (Å²) in [7, 11) is 0. The number of aromatic nitrogens is 1. The van der Waals surface area contributed by atoms with E-state index in [0.717, 1.165) is 12.1 Å². The van der Waals surface area contributed by atoms with E-state index in [-0.39, 0.29) is 0 Å². The number of nitrogens with zero attached hydrogens (tertiary/aromatic N) is 1. The van der Waals surface area contributed by atoms with E-state index >= 15 is 0 Å². The molecule has 0 amide bonds. The maximum Gasteiger partial charge on any atom is 0.0768 e. The average molecular weight is 222 g/mol. The highest BCUT2D eigenvalue weighted by atomic mass is 16.3. The molecule has 0 aromatic carbocycles. The van der Waals surface area contributed by atoms with Gasteiger partial charge in [0.1, 0.15) is 0 Å². The first-order valence-corrected chi connectivity index (χ1v) is 5.89. The Hall–Kier alpha value is -0.930. The first kappa shape index (κ1) is 13.1. The lowest BCUT2D eigenvalue weighted by molar-refractivity contribution is 0.00529. The predicted octanol–water partition coefficient (Wildman–Crippen LogP) is 1.97. The number of hydrogen-bond donors (Lipinski definition) is 2. The molecule has 0 fully saturated rings. The Kier molecular flexibility index (Phi) is 4.90. The Morgan fingerprint density at radius 2 is 2.25 bits per heavy atom. The van der Waals surface area contributed by atoms with E-state index in [1.54, 1.807) is 6.20 Å². The molecular weight excluding hydrogens is 200 g/mol. The Morgan fingerprint density at radius 3 is 2.81 bits per heavy atom. The zero-order chi connectivity index (χ0) is 12.0. The Labute approximate surface area is 97.9 Å². The van der Waals surface area contributed by atoms with Gasteiger partial charge in [0, 0.05) is 19.3 Å². The molecule has 2 N–H and O–H groups in total. The zero-order valence-corrected chi connectivity index (χ0v) is 10.4. The molecule has 0 aliphatic rings. The van der Waals surface area contributed by atoms with Crippen LogP contribution >= 0.6 is 0 Å². The normalized spacial score (nSPS) is 16.8. The number of nitrogens with one attached hydrogen (secondary N) is 1. The minimum Gasteiger partial charge on any atom is -0.389 e. The lowest BCUT2D eigenvalue weighted by atomic mass is 9.89. The van der Waals surface area contributed by atoms with E-state index in [1.165, 1.54) is 0 Å². The SMILES string of the molecule is CCC(C)C(C)(O)CNCc1ccccn1. The molecule has 1 aromatic heterocycles. The molecule has 2 unspecified atom stereocenters. The zero-order valence-electron chi connectivity index (χ0n) is 10.4. The van der Waals surface area contributed by atoms with Crippen molar-refractivity contribution in [3.63, 3.8) is 0 Å². The highest BCUT2D eigenvalue weighted by molar-refractivity contribution is 5.03. The topological polar surface area (TPSA) is 45.1 Å². The van der Waals surface area contributed by atoms with E-state index in [4.69, 9.17) is 0 Å². The van der Waals surface area contributed by atoms with Gasteiger partial charge in [-0.1, -0.05) is 26.3 Å². The number of hydrogen-bond acceptors (Lipinski definition) is 3. The summed E-state index contributed by atoms with van der Waals surface area (Å²) < 4.78 is 0. The second-order valence-electron chi connectivity index (χ2n) is 4.59. The fourth-order valence-corrected chi connectivity index (χ4v) is 1.56. The van der Waals surface area contributed by atoms with Gasteiger partial charge in [-0.2, -0.15) is 0 Å². The Balaban J connectivity index is 2.35. The first-order valence-electron chi connectivity index (χ1n) is 5.89. The summed E-state index contributed by atoms with van der Waals surface area (Å²) in [5.74, 6) is 0.295. The third-order valence-electron chi connectivity index (χ3n) is 3.19. The van der Waals surface area contributed by atoms with Crippen LogP contribution in [-0.4, -0.2) is 22.2 Å². The van der Waals surface area contributed by atoms with Gasteiger partial charge in [-0.3, -0.25) is 4.98 Å². The van der Waals surface area contributed by atoms with Crippen molar-refractivity contribution in [3.05, 3.63) is 30.1 Å². The molecule has 0 aliphatic heterocycles. The monoisotopic (exact) mass is 222 g/mol. The maximum absolute atomic E-state index is 10.2. The maximum atomic E-state index is 10.2.